The molecule has 1 fully saturated rings. The van der Waals surface area contributed by atoms with Crippen molar-refractivity contribution >= 4 is 15.8 Å². The normalized spacial score (nSPS) is 17.3. The molecule has 1 aromatic heterocycles. The summed E-state index contributed by atoms with van der Waals surface area (Å²) in [5.74, 6) is 0.842. The van der Waals surface area contributed by atoms with Crippen LogP contribution in [0.1, 0.15) is 29.5 Å². The summed E-state index contributed by atoms with van der Waals surface area (Å²) in [4.78, 5) is 4.75. The van der Waals surface area contributed by atoms with Crippen LogP contribution in [0, 0.1) is 6.92 Å². The lowest BCUT2D eigenvalue weighted by atomic mass is 10.0. The minimum atomic E-state index is -3.49. The minimum absolute atomic E-state index is 0.230. The van der Waals surface area contributed by atoms with Gasteiger partial charge in [0, 0.05) is 38.4 Å². The molecule has 0 bridgehead atoms. The summed E-state index contributed by atoms with van der Waals surface area (Å²) < 4.78 is 28.0. The molecule has 32 heavy (non-hydrogen) atoms. The molecule has 0 aliphatic carbocycles. The third-order valence-corrected chi connectivity index (χ3v) is 8.29. The van der Waals surface area contributed by atoms with E-state index in [4.69, 9.17) is 0 Å². The number of nitrogens with one attached hydrogen (secondary N) is 2. The molecule has 3 aromatic rings. The quantitative estimate of drug-likeness (QED) is 0.619. The van der Waals surface area contributed by atoms with Crippen molar-refractivity contribution in [3.05, 3.63) is 77.5 Å². The lowest BCUT2D eigenvalue weighted by molar-refractivity contribution is 0.329. The van der Waals surface area contributed by atoms with Gasteiger partial charge in [-0.3, -0.25) is 0 Å². The molecule has 0 amide bonds. The molecule has 0 saturated carbocycles. The smallest absolute Gasteiger partial charge is 0.243 e. The molecule has 166 valence electrons. The second kappa shape index (κ2) is 8.65. The molecule has 0 unspecified atom stereocenters. The van der Waals surface area contributed by atoms with Crippen LogP contribution < -0.4 is 10.6 Å². The number of pyridine rings is 1. The SMILES string of the molecule is Cc1ccc(NC2CCN(S(=O)(=O)c3ccc(-c4ccc5c(c4)CNC5)cc3)CC2)nc1. The van der Waals surface area contributed by atoms with Crippen LogP contribution in [-0.4, -0.2) is 36.8 Å². The number of aromatic nitrogens is 1. The summed E-state index contributed by atoms with van der Waals surface area (Å²) in [5, 5.41) is 6.78. The fourth-order valence-electron chi connectivity index (χ4n) is 4.45. The maximum atomic E-state index is 13.2. The highest BCUT2D eigenvalue weighted by Crippen LogP contribution is 2.28. The van der Waals surface area contributed by atoms with Crippen LogP contribution in [0.25, 0.3) is 11.1 Å². The number of hydrogen-bond acceptors (Lipinski definition) is 5. The zero-order chi connectivity index (χ0) is 22.1. The average molecular weight is 449 g/mol. The van der Waals surface area contributed by atoms with E-state index in [0.29, 0.717) is 18.0 Å². The first kappa shape index (κ1) is 21.1. The highest BCUT2D eigenvalue weighted by molar-refractivity contribution is 7.89. The summed E-state index contributed by atoms with van der Waals surface area (Å²) >= 11 is 0. The van der Waals surface area contributed by atoms with E-state index in [9.17, 15) is 8.42 Å². The Morgan fingerprint density at radius 3 is 2.38 bits per heavy atom. The Hall–Kier alpha value is -2.74. The highest BCUT2D eigenvalue weighted by Gasteiger charge is 2.29. The van der Waals surface area contributed by atoms with Crippen LogP contribution in [0.15, 0.2) is 65.7 Å². The highest BCUT2D eigenvalue weighted by atomic mass is 32.2. The molecule has 7 heteroatoms. The molecule has 0 atom stereocenters. The van der Waals surface area contributed by atoms with Gasteiger partial charge in [0.05, 0.1) is 4.90 Å². The van der Waals surface area contributed by atoms with Crippen molar-refractivity contribution in [3.8, 4) is 11.1 Å². The number of benzene rings is 2. The number of anilines is 1. The largest absolute Gasteiger partial charge is 0.367 e. The molecule has 2 aromatic carbocycles. The molecular weight excluding hydrogens is 420 g/mol. The monoisotopic (exact) mass is 448 g/mol. The van der Waals surface area contributed by atoms with Crippen LogP contribution in [0.3, 0.4) is 0 Å². The van der Waals surface area contributed by atoms with Crippen LogP contribution in [0.2, 0.25) is 0 Å². The predicted molar refractivity (Wildman–Crippen MR) is 127 cm³/mol. The van der Waals surface area contributed by atoms with Crippen molar-refractivity contribution < 1.29 is 8.42 Å². The van der Waals surface area contributed by atoms with Gasteiger partial charge < -0.3 is 10.6 Å². The van der Waals surface area contributed by atoms with Crippen LogP contribution in [-0.2, 0) is 23.1 Å². The van der Waals surface area contributed by atoms with Crippen molar-refractivity contribution in [2.45, 2.75) is 43.8 Å². The van der Waals surface area contributed by atoms with Crippen LogP contribution >= 0.6 is 0 Å². The van der Waals surface area contributed by atoms with Gasteiger partial charge in [-0.2, -0.15) is 4.31 Å². The van der Waals surface area contributed by atoms with Gasteiger partial charge in [-0.05, 0) is 71.8 Å². The van der Waals surface area contributed by atoms with Gasteiger partial charge in [-0.15, -0.1) is 0 Å². The van der Waals surface area contributed by atoms with Gasteiger partial charge in [0.1, 0.15) is 5.82 Å². The first-order valence-electron chi connectivity index (χ1n) is 11.1. The van der Waals surface area contributed by atoms with Gasteiger partial charge >= 0.3 is 0 Å². The van der Waals surface area contributed by atoms with Crippen LogP contribution in [0.5, 0.6) is 0 Å². The number of aryl methyl sites for hydroxylation is 1. The van der Waals surface area contributed by atoms with E-state index in [2.05, 4.69) is 33.8 Å². The second-order valence-corrected chi connectivity index (χ2v) is 10.6. The van der Waals surface area contributed by atoms with Gasteiger partial charge in [0.2, 0.25) is 10.0 Å². The first-order chi connectivity index (χ1) is 15.5. The Bertz CT molecular complexity index is 1200. The lowest BCUT2D eigenvalue weighted by Gasteiger charge is -2.32. The van der Waals surface area contributed by atoms with E-state index in [0.717, 1.165) is 48.4 Å². The standard InChI is InChI=1S/C25H28N4O2S/c1-18-2-9-25(27-15-18)28-23-10-12-29(13-11-23)32(30,31)24-7-5-19(6-8-24)20-3-4-21-16-26-17-22(21)14-20/h2-9,14-15,23,26H,10-13,16-17H2,1H3,(H,27,28). The number of nitrogens with zero attached hydrogens (tertiary/aromatic N) is 2. The Kier molecular flexibility index (Phi) is 5.71. The predicted octanol–water partition coefficient (Wildman–Crippen LogP) is 3.93. The molecule has 3 heterocycles. The number of piperidine rings is 1. The van der Waals surface area contributed by atoms with E-state index in [1.165, 1.54) is 11.1 Å². The molecule has 2 aliphatic heterocycles. The Morgan fingerprint density at radius 1 is 0.938 bits per heavy atom. The lowest BCUT2D eigenvalue weighted by Crippen LogP contribution is -2.42. The zero-order valence-corrected chi connectivity index (χ0v) is 19.0. The molecular formula is C25H28N4O2S. The fourth-order valence-corrected chi connectivity index (χ4v) is 5.92. The molecule has 0 radical (unpaired) electrons. The summed E-state index contributed by atoms with van der Waals surface area (Å²) in [6.45, 7) is 4.83. The summed E-state index contributed by atoms with van der Waals surface area (Å²) in [6.07, 6.45) is 3.36. The van der Waals surface area contributed by atoms with Gasteiger partial charge in [-0.25, -0.2) is 13.4 Å². The third kappa shape index (κ3) is 4.28. The van der Waals surface area contributed by atoms with Gasteiger partial charge in [0.25, 0.3) is 0 Å². The maximum absolute atomic E-state index is 13.2. The summed E-state index contributed by atoms with van der Waals surface area (Å²) in [7, 11) is -3.49. The second-order valence-electron chi connectivity index (χ2n) is 8.65. The Labute approximate surface area is 189 Å². The third-order valence-electron chi connectivity index (χ3n) is 6.38. The summed E-state index contributed by atoms with van der Waals surface area (Å²) in [6, 6.07) is 18.0. The Morgan fingerprint density at radius 2 is 1.66 bits per heavy atom. The minimum Gasteiger partial charge on any atom is -0.367 e. The van der Waals surface area contributed by atoms with Crippen molar-refractivity contribution in [3.63, 3.8) is 0 Å². The van der Waals surface area contributed by atoms with Crippen molar-refractivity contribution in [2.24, 2.45) is 0 Å². The molecule has 2 N–H and O–H groups in total. The van der Waals surface area contributed by atoms with Crippen molar-refractivity contribution in [1.82, 2.24) is 14.6 Å². The number of fused-ring (bicyclic) bond motifs is 1. The average Bonchev–Trinajstić information content (AvgIpc) is 3.29. The Balaban J connectivity index is 1.24. The first-order valence-corrected chi connectivity index (χ1v) is 12.6. The number of rotatable bonds is 5. The molecule has 5 rings (SSSR count). The fraction of sp³-hybridized carbons (Fsp3) is 0.320. The molecule has 1 saturated heterocycles. The van der Waals surface area contributed by atoms with E-state index in [1.54, 1.807) is 16.4 Å². The molecule has 2 aliphatic rings. The zero-order valence-electron chi connectivity index (χ0n) is 18.2. The molecule has 0 spiro atoms. The van der Waals surface area contributed by atoms with Crippen molar-refractivity contribution in [2.75, 3.05) is 18.4 Å². The van der Waals surface area contributed by atoms with E-state index in [-0.39, 0.29) is 6.04 Å². The van der Waals surface area contributed by atoms with E-state index >= 15 is 0 Å². The summed E-state index contributed by atoms with van der Waals surface area (Å²) in [5.41, 5.74) is 5.93. The van der Waals surface area contributed by atoms with Crippen molar-refractivity contribution in [1.29, 1.82) is 0 Å². The van der Waals surface area contributed by atoms with E-state index < -0.39 is 10.0 Å². The van der Waals surface area contributed by atoms with Gasteiger partial charge in [-0.1, -0.05) is 30.3 Å². The van der Waals surface area contributed by atoms with Gasteiger partial charge in [0.15, 0.2) is 0 Å². The van der Waals surface area contributed by atoms with Crippen LogP contribution in [0.4, 0.5) is 5.82 Å². The number of hydrogen-bond donors (Lipinski definition) is 2. The molecule has 6 nitrogen and oxygen atoms in total. The number of sulfonamides is 1. The van der Waals surface area contributed by atoms with E-state index in [1.807, 2.05) is 37.4 Å². The topological polar surface area (TPSA) is 74.3 Å². The maximum Gasteiger partial charge on any atom is 0.243 e.